The zero-order valence-corrected chi connectivity index (χ0v) is 9.92. The summed E-state index contributed by atoms with van der Waals surface area (Å²) in [6.07, 6.45) is 3.85. The molecule has 0 fully saturated rings. The summed E-state index contributed by atoms with van der Waals surface area (Å²) in [6, 6.07) is 10.6. The first-order chi connectivity index (χ1) is 7.83. The lowest BCUT2D eigenvalue weighted by Gasteiger charge is -2.10. The summed E-state index contributed by atoms with van der Waals surface area (Å²) in [6.45, 7) is 0. The second kappa shape index (κ2) is 3.92. The summed E-state index contributed by atoms with van der Waals surface area (Å²) in [5.41, 5.74) is 0. The van der Waals surface area contributed by atoms with Gasteiger partial charge in [0, 0.05) is 15.8 Å². The molecule has 2 aromatic rings. The number of rotatable bonds is 1. The van der Waals surface area contributed by atoms with Gasteiger partial charge in [0.15, 0.2) is 5.29 Å². The molecule has 0 radical (unpaired) electrons. The van der Waals surface area contributed by atoms with E-state index in [0.29, 0.717) is 5.29 Å². The lowest BCUT2D eigenvalue weighted by atomic mass is 10.2. The van der Waals surface area contributed by atoms with E-state index in [1.165, 1.54) is 15.0 Å². The predicted molar refractivity (Wildman–Crippen MR) is 70.1 cm³/mol. The number of nitrogens with one attached hydrogen (secondary N) is 1. The SMILES string of the molecule is ClC1=NC(c2cc3ccccc3s2)C=CN1. The van der Waals surface area contributed by atoms with Gasteiger partial charge in [-0.05, 0) is 35.2 Å². The van der Waals surface area contributed by atoms with Crippen LogP contribution < -0.4 is 5.32 Å². The van der Waals surface area contributed by atoms with Gasteiger partial charge in [0.25, 0.3) is 0 Å². The summed E-state index contributed by atoms with van der Waals surface area (Å²) < 4.78 is 1.29. The lowest BCUT2D eigenvalue weighted by molar-refractivity contribution is 0.901. The monoisotopic (exact) mass is 248 g/mol. The zero-order valence-electron chi connectivity index (χ0n) is 8.35. The van der Waals surface area contributed by atoms with Crippen molar-refractivity contribution in [3.05, 3.63) is 47.5 Å². The van der Waals surface area contributed by atoms with Gasteiger partial charge in [-0.25, -0.2) is 4.99 Å². The Balaban J connectivity index is 2.06. The van der Waals surface area contributed by atoms with Crippen LogP contribution in [0.25, 0.3) is 10.1 Å². The van der Waals surface area contributed by atoms with Crippen LogP contribution in [0.1, 0.15) is 10.9 Å². The van der Waals surface area contributed by atoms with Crippen molar-refractivity contribution in [1.82, 2.24) is 5.32 Å². The zero-order chi connectivity index (χ0) is 11.0. The highest BCUT2D eigenvalue weighted by molar-refractivity contribution is 7.19. The Bertz CT molecular complexity index is 552. The van der Waals surface area contributed by atoms with Crippen molar-refractivity contribution < 1.29 is 0 Å². The maximum absolute atomic E-state index is 5.85. The summed E-state index contributed by atoms with van der Waals surface area (Å²) in [5.74, 6) is 0. The van der Waals surface area contributed by atoms with Crippen molar-refractivity contribution in [3.63, 3.8) is 0 Å². The van der Waals surface area contributed by atoms with Crippen molar-refractivity contribution in [2.45, 2.75) is 6.04 Å². The minimum absolute atomic E-state index is 0.0474. The van der Waals surface area contributed by atoms with Gasteiger partial charge in [-0.3, -0.25) is 0 Å². The van der Waals surface area contributed by atoms with Gasteiger partial charge in [-0.2, -0.15) is 0 Å². The van der Waals surface area contributed by atoms with Crippen LogP contribution in [0.3, 0.4) is 0 Å². The van der Waals surface area contributed by atoms with Crippen LogP contribution in [0.15, 0.2) is 47.6 Å². The average molecular weight is 249 g/mol. The number of fused-ring (bicyclic) bond motifs is 1. The van der Waals surface area contributed by atoms with E-state index in [9.17, 15) is 0 Å². The topological polar surface area (TPSA) is 24.4 Å². The molecule has 1 aliphatic heterocycles. The molecule has 0 spiro atoms. The van der Waals surface area contributed by atoms with E-state index in [2.05, 4.69) is 34.6 Å². The molecule has 0 amide bonds. The lowest BCUT2D eigenvalue weighted by Crippen LogP contribution is -2.15. The van der Waals surface area contributed by atoms with Crippen molar-refractivity contribution in [3.8, 4) is 0 Å². The van der Waals surface area contributed by atoms with Gasteiger partial charge in [0.05, 0.1) is 0 Å². The summed E-state index contributed by atoms with van der Waals surface area (Å²) in [4.78, 5) is 5.56. The van der Waals surface area contributed by atoms with Crippen molar-refractivity contribution in [1.29, 1.82) is 0 Å². The number of halogens is 1. The summed E-state index contributed by atoms with van der Waals surface area (Å²) in [7, 11) is 0. The van der Waals surface area contributed by atoms with Crippen LogP contribution in [-0.2, 0) is 0 Å². The molecule has 0 aliphatic carbocycles. The Kier molecular flexibility index (Phi) is 2.42. The molecular formula is C12H9ClN2S. The molecule has 1 aromatic carbocycles. The average Bonchev–Trinajstić information content (AvgIpc) is 2.72. The Morgan fingerprint density at radius 3 is 3.00 bits per heavy atom. The molecule has 1 aromatic heterocycles. The van der Waals surface area contributed by atoms with E-state index in [1.807, 2.05) is 18.3 Å². The van der Waals surface area contributed by atoms with Gasteiger partial charge in [-0.1, -0.05) is 18.2 Å². The van der Waals surface area contributed by atoms with Gasteiger partial charge < -0.3 is 5.32 Å². The predicted octanol–water partition coefficient (Wildman–Crippen LogP) is 3.65. The Hall–Kier alpha value is -1.32. The van der Waals surface area contributed by atoms with E-state index >= 15 is 0 Å². The first-order valence-corrected chi connectivity index (χ1v) is 6.17. The smallest absolute Gasteiger partial charge is 0.196 e. The molecule has 1 atom stereocenters. The maximum Gasteiger partial charge on any atom is 0.196 e. The molecule has 1 aliphatic rings. The highest BCUT2D eigenvalue weighted by Crippen LogP contribution is 2.33. The van der Waals surface area contributed by atoms with Gasteiger partial charge in [0.1, 0.15) is 6.04 Å². The number of hydrogen-bond donors (Lipinski definition) is 1. The molecule has 4 heteroatoms. The number of amidine groups is 1. The fourth-order valence-electron chi connectivity index (χ4n) is 1.72. The molecule has 1 N–H and O–H groups in total. The number of hydrogen-bond acceptors (Lipinski definition) is 3. The fraction of sp³-hybridized carbons (Fsp3) is 0.0833. The minimum Gasteiger partial charge on any atom is -0.337 e. The second-order valence-corrected chi connectivity index (χ2v) is 5.03. The van der Waals surface area contributed by atoms with Crippen molar-refractivity contribution in [2.75, 3.05) is 0 Å². The summed E-state index contributed by atoms with van der Waals surface area (Å²) in [5, 5.41) is 4.57. The third-order valence-electron chi connectivity index (χ3n) is 2.47. The molecule has 2 nitrogen and oxygen atoms in total. The van der Waals surface area contributed by atoms with Gasteiger partial charge in [-0.15, -0.1) is 11.3 Å². The standard InChI is InChI=1S/C12H9ClN2S/c13-12-14-6-5-9(15-12)11-7-8-3-1-2-4-10(8)16-11/h1-7,9H,(H,14,15). The highest BCUT2D eigenvalue weighted by Gasteiger charge is 2.13. The minimum atomic E-state index is 0.0474. The second-order valence-electron chi connectivity index (χ2n) is 3.55. The van der Waals surface area contributed by atoms with E-state index in [0.717, 1.165) is 0 Å². The Morgan fingerprint density at radius 2 is 2.19 bits per heavy atom. The van der Waals surface area contributed by atoms with E-state index in [4.69, 9.17) is 11.6 Å². The number of aliphatic imine (C=N–C) groups is 1. The van der Waals surface area contributed by atoms with Crippen LogP contribution in [0.5, 0.6) is 0 Å². The van der Waals surface area contributed by atoms with Gasteiger partial charge in [0.2, 0.25) is 0 Å². The maximum atomic E-state index is 5.85. The van der Waals surface area contributed by atoms with Crippen LogP contribution in [0.4, 0.5) is 0 Å². The molecule has 3 rings (SSSR count). The van der Waals surface area contributed by atoms with Crippen molar-refractivity contribution >= 4 is 38.3 Å². The number of benzene rings is 1. The number of thiophene rings is 1. The molecule has 80 valence electrons. The molecule has 16 heavy (non-hydrogen) atoms. The highest BCUT2D eigenvalue weighted by atomic mass is 35.5. The molecule has 0 saturated heterocycles. The van der Waals surface area contributed by atoms with Crippen LogP contribution >= 0.6 is 22.9 Å². The van der Waals surface area contributed by atoms with Crippen LogP contribution in [0, 0.1) is 0 Å². The molecule has 0 bridgehead atoms. The molecular weight excluding hydrogens is 240 g/mol. The van der Waals surface area contributed by atoms with Gasteiger partial charge >= 0.3 is 0 Å². The normalized spacial score (nSPS) is 19.6. The largest absolute Gasteiger partial charge is 0.337 e. The number of nitrogens with zero attached hydrogens (tertiary/aromatic N) is 1. The fourth-order valence-corrected chi connectivity index (χ4v) is 2.97. The van der Waals surface area contributed by atoms with Crippen molar-refractivity contribution in [2.24, 2.45) is 4.99 Å². The quantitative estimate of drug-likeness (QED) is 0.766. The van der Waals surface area contributed by atoms with Crippen LogP contribution in [0.2, 0.25) is 0 Å². The third kappa shape index (κ3) is 1.72. The molecule has 1 unspecified atom stereocenters. The summed E-state index contributed by atoms with van der Waals surface area (Å²) >= 11 is 7.61. The third-order valence-corrected chi connectivity index (χ3v) is 3.86. The Morgan fingerprint density at radius 1 is 1.31 bits per heavy atom. The Labute approximate surface area is 102 Å². The van der Waals surface area contributed by atoms with Crippen LogP contribution in [-0.4, -0.2) is 5.29 Å². The van der Waals surface area contributed by atoms with E-state index in [-0.39, 0.29) is 6.04 Å². The molecule has 2 heterocycles. The first kappa shape index (κ1) is 9.87. The van der Waals surface area contributed by atoms with E-state index in [1.54, 1.807) is 11.3 Å². The van der Waals surface area contributed by atoms with E-state index < -0.39 is 0 Å². The first-order valence-electron chi connectivity index (χ1n) is 4.98. The molecule has 0 saturated carbocycles.